The molecule has 3 nitrogen and oxygen atoms in total. The number of halogens is 3. The molecule has 92 valence electrons. The fraction of sp³-hybridized carbons (Fsp3) is 0.364. The molecule has 0 fully saturated rings. The van der Waals surface area contributed by atoms with Crippen LogP contribution in [0.5, 0.6) is 0 Å². The second-order valence-corrected chi connectivity index (χ2v) is 3.84. The molecule has 0 spiro atoms. The minimum Gasteiger partial charge on any atom is -0.322 e. The molecule has 0 radical (unpaired) electrons. The van der Waals surface area contributed by atoms with Crippen molar-refractivity contribution in [1.29, 1.82) is 0 Å². The molecule has 1 aliphatic heterocycles. The second kappa shape index (κ2) is 4.03. The lowest BCUT2D eigenvalue weighted by Gasteiger charge is -2.16. The highest BCUT2D eigenvalue weighted by atomic mass is 19.4. The van der Waals surface area contributed by atoms with Gasteiger partial charge in [0.1, 0.15) is 0 Å². The molecule has 17 heavy (non-hydrogen) atoms. The van der Waals surface area contributed by atoms with Crippen LogP contribution in [-0.2, 0) is 17.4 Å². The summed E-state index contributed by atoms with van der Waals surface area (Å²) >= 11 is 0. The number of rotatable bonds is 1. The van der Waals surface area contributed by atoms with Gasteiger partial charge in [-0.2, -0.15) is 13.2 Å². The van der Waals surface area contributed by atoms with Gasteiger partial charge in [0.15, 0.2) is 0 Å². The van der Waals surface area contributed by atoms with E-state index in [-0.39, 0.29) is 12.5 Å². The highest BCUT2D eigenvalue weighted by Crippen LogP contribution is 2.35. The first-order valence-electron chi connectivity index (χ1n) is 5.14. The zero-order chi connectivity index (χ0) is 12.6. The molecule has 0 saturated carbocycles. The van der Waals surface area contributed by atoms with Gasteiger partial charge in [-0.25, -0.2) is 0 Å². The Kier molecular flexibility index (Phi) is 2.82. The molecule has 1 amide bonds. The van der Waals surface area contributed by atoms with Crippen LogP contribution in [0.15, 0.2) is 18.2 Å². The summed E-state index contributed by atoms with van der Waals surface area (Å²) in [7, 11) is 0. The normalized spacial score (nSPS) is 14.9. The molecule has 1 heterocycles. The van der Waals surface area contributed by atoms with E-state index in [0.717, 1.165) is 12.1 Å². The van der Waals surface area contributed by atoms with Crippen LogP contribution in [-0.4, -0.2) is 19.0 Å². The van der Waals surface area contributed by atoms with E-state index < -0.39 is 11.7 Å². The number of carbonyl (C=O) groups is 1. The summed E-state index contributed by atoms with van der Waals surface area (Å²) in [5.74, 6) is -0.275. The second-order valence-electron chi connectivity index (χ2n) is 3.84. The maximum Gasteiger partial charge on any atom is 0.416 e. The maximum atomic E-state index is 12.5. The van der Waals surface area contributed by atoms with Crippen molar-refractivity contribution in [2.24, 2.45) is 5.73 Å². The quantitative estimate of drug-likeness (QED) is 0.814. The third-order valence-electron chi connectivity index (χ3n) is 2.78. The van der Waals surface area contributed by atoms with Gasteiger partial charge in [-0.05, 0) is 30.2 Å². The molecule has 2 rings (SSSR count). The van der Waals surface area contributed by atoms with Crippen molar-refractivity contribution in [3.8, 4) is 0 Å². The van der Waals surface area contributed by atoms with E-state index in [1.165, 1.54) is 11.0 Å². The number of anilines is 1. The van der Waals surface area contributed by atoms with Crippen LogP contribution >= 0.6 is 0 Å². The van der Waals surface area contributed by atoms with Crippen molar-refractivity contribution in [2.75, 3.05) is 18.0 Å². The predicted molar refractivity (Wildman–Crippen MR) is 56.6 cm³/mol. The Morgan fingerprint density at radius 2 is 2.12 bits per heavy atom. The van der Waals surface area contributed by atoms with E-state index in [1.54, 1.807) is 0 Å². The molecule has 0 bridgehead atoms. The van der Waals surface area contributed by atoms with Gasteiger partial charge in [-0.1, -0.05) is 0 Å². The van der Waals surface area contributed by atoms with Gasteiger partial charge in [-0.3, -0.25) is 4.79 Å². The van der Waals surface area contributed by atoms with Crippen LogP contribution in [0.3, 0.4) is 0 Å². The summed E-state index contributed by atoms with van der Waals surface area (Å²) in [5, 5.41) is 0. The number of alkyl halides is 3. The molecule has 1 aromatic rings. The lowest BCUT2D eigenvalue weighted by Crippen LogP contribution is -2.34. The van der Waals surface area contributed by atoms with E-state index in [4.69, 9.17) is 5.73 Å². The van der Waals surface area contributed by atoms with Crippen LogP contribution in [0.2, 0.25) is 0 Å². The lowest BCUT2D eigenvalue weighted by atomic mass is 10.1. The number of amides is 1. The summed E-state index contributed by atoms with van der Waals surface area (Å²) in [5.41, 5.74) is 5.63. The average Bonchev–Trinajstić information content (AvgIpc) is 2.69. The smallest absolute Gasteiger partial charge is 0.322 e. The van der Waals surface area contributed by atoms with Gasteiger partial charge in [0.05, 0.1) is 12.1 Å². The molecule has 0 atom stereocenters. The first kappa shape index (κ1) is 11.9. The van der Waals surface area contributed by atoms with Crippen molar-refractivity contribution in [3.63, 3.8) is 0 Å². The third-order valence-corrected chi connectivity index (χ3v) is 2.78. The Bertz CT molecular complexity index is 457. The van der Waals surface area contributed by atoms with Crippen molar-refractivity contribution < 1.29 is 18.0 Å². The SMILES string of the molecule is NCC(=O)N1CCc2cc(C(F)(F)F)ccc21. The first-order valence-corrected chi connectivity index (χ1v) is 5.14. The molecule has 0 aromatic heterocycles. The lowest BCUT2D eigenvalue weighted by molar-refractivity contribution is -0.137. The topological polar surface area (TPSA) is 46.3 Å². The minimum absolute atomic E-state index is 0.138. The fourth-order valence-corrected chi connectivity index (χ4v) is 1.95. The number of nitrogens with two attached hydrogens (primary N) is 1. The Hall–Kier alpha value is -1.56. The third kappa shape index (κ3) is 2.12. The molecule has 6 heteroatoms. The average molecular weight is 244 g/mol. The largest absolute Gasteiger partial charge is 0.416 e. The first-order chi connectivity index (χ1) is 7.93. The van der Waals surface area contributed by atoms with Gasteiger partial charge in [-0.15, -0.1) is 0 Å². The maximum absolute atomic E-state index is 12.5. The van der Waals surface area contributed by atoms with Gasteiger partial charge < -0.3 is 10.6 Å². The predicted octanol–water partition coefficient (Wildman–Crippen LogP) is 1.55. The van der Waals surface area contributed by atoms with Gasteiger partial charge in [0.25, 0.3) is 0 Å². The number of benzene rings is 1. The Balaban J connectivity index is 2.35. The number of fused-ring (bicyclic) bond motifs is 1. The zero-order valence-electron chi connectivity index (χ0n) is 8.92. The molecule has 0 aliphatic carbocycles. The molecule has 0 unspecified atom stereocenters. The van der Waals surface area contributed by atoms with Crippen LogP contribution in [0.25, 0.3) is 0 Å². The molecule has 2 N–H and O–H groups in total. The molecule has 1 aromatic carbocycles. The summed E-state index contributed by atoms with van der Waals surface area (Å²) in [6.45, 7) is 0.257. The highest BCUT2D eigenvalue weighted by molar-refractivity contribution is 5.96. The van der Waals surface area contributed by atoms with Crippen LogP contribution in [0.4, 0.5) is 18.9 Å². The van der Waals surface area contributed by atoms with E-state index in [9.17, 15) is 18.0 Å². The Morgan fingerprint density at radius 1 is 1.41 bits per heavy atom. The highest BCUT2D eigenvalue weighted by Gasteiger charge is 2.33. The summed E-state index contributed by atoms with van der Waals surface area (Å²) in [6.07, 6.45) is -3.91. The summed E-state index contributed by atoms with van der Waals surface area (Å²) in [4.78, 5) is 12.9. The monoisotopic (exact) mass is 244 g/mol. The molecular weight excluding hydrogens is 233 g/mol. The number of hydrogen-bond acceptors (Lipinski definition) is 2. The number of carbonyl (C=O) groups excluding carboxylic acids is 1. The van der Waals surface area contributed by atoms with Crippen LogP contribution in [0.1, 0.15) is 11.1 Å². The summed E-state index contributed by atoms with van der Waals surface area (Å²) < 4.78 is 37.4. The van der Waals surface area contributed by atoms with E-state index in [0.29, 0.717) is 24.2 Å². The van der Waals surface area contributed by atoms with Crippen molar-refractivity contribution in [2.45, 2.75) is 12.6 Å². The van der Waals surface area contributed by atoms with Crippen molar-refractivity contribution in [3.05, 3.63) is 29.3 Å². The van der Waals surface area contributed by atoms with Crippen LogP contribution < -0.4 is 10.6 Å². The Morgan fingerprint density at radius 3 is 2.71 bits per heavy atom. The van der Waals surface area contributed by atoms with Gasteiger partial charge in [0.2, 0.25) is 5.91 Å². The van der Waals surface area contributed by atoms with E-state index >= 15 is 0 Å². The van der Waals surface area contributed by atoms with Crippen molar-refractivity contribution >= 4 is 11.6 Å². The fourth-order valence-electron chi connectivity index (χ4n) is 1.95. The standard InChI is InChI=1S/C11H11F3N2O/c12-11(13,14)8-1-2-9-7(5-8)3-4-16(9)10(17)6-15/h1-2,5H,3-4,6,15H2. The number of nitrogens with zero attached hydrogens (tertiary/aromatic N) is 1. The minimum atomic E-state index is -4.35. The summed E-state index contributed by atoms with van der Waals surface area (Å²) in [6, 6.07) is 3.42. The van der Waals surface area contributed by atoms with Gasteiger partial charge in [0, 0.05) is 12.2 Å². The van der Waals surface area contributed by atoms with E-state index in [1.807, 2.05) is 0 Å². The van der Waals surface area contributed by atoms with Crippen molar-refractivity contribution in [1.82, 2.24) is 0 Å². The Labute approximate surface area is 96.0 Å². The van der Waals surface area contributed by atoms with Gasteiger partial charge >= 0.3 is 6.18 Å². The zero-order valence-corrected chi connectivity index (χ0v) is 8.92. The molecule has 0 saturated heterocycles. The molecular formula is C11H11F3N2O. The van der Waals surface area contributed by atoms with Crippen LogP contribution in [0, 0.1) is 0 Å². The van der Waals surface area contributed by atoms with E-state index in [2.05, 4.69) is 0 Å². The number of hydrogen-bond donors (Lipinski definition) is 1. The molecule has 1 aliphatic rings.